The highest BCUT2D eigenvalue weighted by molar-refractivity contribution is 7.89. The Morgan fingerprint density at radius 1 is 1.17 bits per heavy atom. The van der Waals surface area contributed by atoms with Crippen molar-refractivity contribution >= 4 is 33.2 Å². The van der Waals surface area contributed by atoms with E-state index in [4.69, 9.17) is 16.4 Å². The molecule has 30 heavy (non-hydrogen) atoms. The normalized spacial score (nSPS) is 11.6. The number of carbonyl (C=O) groups excluding carboxylic acids is 1. The van der Waals surface area contributed by atoms with Gasteiger partial charge in [-0.05, 0) is 36.8 Å². The first-order valence-corrected chi connectivity index (χ1v) is 10.8. The third-order valence-corrected chi connectivity index (χ3v) is 6.55. The molecule has 1 heterocycles. The number of nitrogens with zero attached hydrogens (tertiary/aromatic N) is 3. The smallest absolute Gasteiger partial charge is 0.264 e. The topological polar surface area (TPSA) is 93.5 Å². The average molecular weight is 449 g/mol. The van der Waals surface area contributed by atoms with Gasteiger partial charge in [-0.2, -0.15) is 5.10 Å². The summed E-state index contributed by atoms with van der Waals surface area (Å²) >= 11 is 6.42. The summed E-state index contributed by atoms with van der Waals surface area (Å²) in [7, 11) is -1.21. The van der Waals surface area contributed by atoms with Gasteiger partial charge >= 0.3 is 0 Å². The van der Waals surface area contributed by atoms with Crippen LogP contribution in [0.2, 0.25) is 5.15 Å². The number of amides is 1. The van der Waals surface area contributed by atoms with E-state index in [9.17, 15) is 13.2 Å². The lowest BCUT2D eigenvalue weighted by Gasteiger charge is -2.14. The van der Waals surface area contributed by atoms with Gasteiger partial charge in [0.15, 0.2) is 0 Å². The van der Waals surface area contributed by atoms with Crippen LogP contribution in [0.5, 0.6) is 0 Å². The van der Waals surface area contributed by atoms with Crippen molar-refractivity contribution < 1.29 is 18.0 Å². The molecule has 10 heteroatoms. The van der Waals surface area contributed by atoms with Gasteiger partial charge in [-0.25, -0.2) is 13.1 Å². The number of anilines is 1. The van der Waals surface area contributed by atoms with Crippen LogP contribution in [-0.2, 0) is 21.4 Å². The van der Waals surface area contributed by atoms with Gasteiger partial charge in [-0.3, -0.25) is 9.63 Å². The first-order valence-electron chi connectivity index (χ1n) is 8.95. The zero-order chi connectivity index (χ0) is 21.9. The quantitative estimate of drug-likeness (QED) is 0.559. The van der Waals surface area contributed by atoms with E-state index in [-0.39, 0.29) is 15.6 Å². The molecule has 1 aromatic heterocycles. The number of hydrogen-bond donors (Lipinski definition) is 1. The summed E-state index contributed by atoms with van der Waals surface area (Å²) in [6, 6.07) is 15.4. The standard InChI is InChI=1S/C20H21ClN4O4S/c1-14-18(19(21)25(23-14)13-15-7-5-4-6-8-15)20(26)22-16-9-11-17(12-10-16)30(27,28)24(2)29-3/h4-12H,13H2,1-3H3,(H,22,26). The molecular weight excluding hydrogens is 428 g/mol. The molecule has 3 aromatic rings. The summed E-state index contributed by atoms with van der Waals surface area (Å²) in [5.41, 5.74) is 2.19. The molecule has 0 atom stereocenters. The van der Waals surface area contributed by atoms with Crippen molar-refractivity contribution in [3.8, 4) is 0 Å². The fraction of sp³-hybridized carbons (Fsp3) is 0.200. The second-order valence-electron chi connectivity index (χ2n) is 6.47. The highest BCUT2D eigenvalue weighted by Gasteiger charge is 2.22. The molecule has 1 N–H and O–H groups in total. The zero-order valence-electron chi connectivity index (χ0n) is 16.7. The second kappa shape index (κ2) is 8.97. The Morgan fingerprint density at radius 3 is 2.40 bits per heavy atom. The molecule has 0 bridgehead atoms. The number of sulfonamides is 1. The molecule has 0 saturated carbocycles. The molecule has 1 amide bonds. The zero-order valence-corrected chi connectivity index (χ0v) is 18.2. The minimum atomic E-state index is -3.76. The van der Waals surface area contributed by atoms with E-state index in [0.29, 0.717) is 17.9 Å². The number of aryl methyl sites for hydroxylation is 1. The minimum Gasteiger partial charge on any atom is -0.322 e. The summed E-state index contributed by atoms with van der Waals surface area (Å²) in [5.74, 6) is -0.429. The van der Waals surface area contributed by atoms with Crippen molar-refractivity contribution in [2.45, 2.75) is 18.4 Å². The summed E-state index contributed by atoms with van der Waals surface area (Å²) in [6.45, 7) is 2.14. The van der Waals surface area contributed by atoms with Crippen molar-refractivity contribution in [1.29, 1.82) is 0 Å². The number of halogens is 1. The van der Waals surface area contributed by atoms with Crippen LogP contribution in [0.3, 0.4) is 0 Å². The summed E-state index contributed by atoms with van der Waals surface area (Å²) in [6.07, 6.45) is 0. The predicted molar refractivity (Wildman–Crippen MR) is 114 cm³/mol. The Bertz CT molecular complexity index is 1150. The molecule has 8 nitrogen and oxygen atoms in total. The van der Waals surface area contributed by atoms with Crippen LogP contribution in [0.1, 0.15) is 21.6 Å². The van der Waals surface area contributed by atoms with Crippen molar-refractivity contribution in [2.75, 3.05) is 19.5 Å². The Hall–Kier alpha value is -2.72. The Balaban J connectivity index is 1.78. The van der Waals surface area contributed by atoms with Gasteiger partial charge in [0.25, 0.3) is 15.9 Å². The molecule has 3 rings (SSSR count). The summed E-state index contributed by atoms with van der Waals surface area (Å²) in [5, 5.41) is 7.32. The van der Waals surface area contributed by atoms with Crippen LogP contribution in [0, 0.1) is 6.92 Å². The van der Waals surface area contributed by atoms with Crippen LogP contribution in [-0.4, -0.2) is 42.7 Å². The molecule has 0 spiro atoms. The maximum atomic E-state index is 12.8. The second-order valence-corrected chi connectivity index (χ2v) is 8.76. The third-order valence-electron chi connectivity index (χ3n) is 4.47. The average Bonchev–Trinajstić information content (AvgIpc) is 3.01. The molecule has 2 aromatic carbocycles. The van der Waals surface area contributed by atoms with E-state index in [0.717, 1.165) is 10.0 Å². The molecule has 0 fully saturated rings. The Labute approximate surface area is 180 Å². The number of benzene rings is 2. The maximum absolute atomic E-state index is 12.8. The van der Waals surface area contributed by atoms with Gasteiger partial charge in [0.1, 0.15) is 5.15 Å². The van der Waals surface area contributed by atoms with Crippen LogP contribution >= 0.6 is 11.6 Å². The number of hydrogen-bond acceptors (Lipinski definition) is 5. The highest BCUT2D eigenvalue weighted by atomic mass is 35.5. The van der Waals surface area contributed by atoms with Crippen LogP contribution < -0.4 is 5.32 Å². The van der Waals surface area contributed by atoms with Gasteiger partial charge < -0.3 is 5.32 Å². The summed E-state index contributed by atoms with van der Waals surface area (Å²) in [4.78, 5) is 17.5. The fourth-order valence-corrected chi connectivity index (χ4v) is 4.12. The highest BCUT2D eigenvalue weighted by Crippen LogP contribution is 2.23. The Morgan fingerprint density at radius 2 is 1.80 bits per heavy atom. The van der Waals surface area contributed by atoms with Gasteiger partial charge in [0, 0.05) is 12.7 Å². The molecule has 0 aliphatic carbocycles. The molecule has 0 unspecified atom stereocenters. The van der Waals surface area contributed by atoms with E-state index >= 15 is 0 Å². The van der Waals surface area contributed by atoms with Gasteiger partial charge in [-0.15, -0.1) is 0 Å². The number of hydroxylamine groups is 1. The molecule has 0 aliphatic heterocycles. The summed E-state index contributed by atoms with van der Waals surface area (Å²) < 4.78 is 26.8. The van der Waals surface area contributed by atoms with E-state index in [2.05, 4.69) is 10.4 Å². The fourth-order valence-electron chi connectivity index (χ4n) is 2.82. The Kier molecular flexibility index (Phi) is 6.57. The molecule has 0 saturated heterocycles. The number of rotatable bonds is 7. The van der Waals surface area contributed by atoms with Gasteiger partial charge in [-0.1, -0.05) is 46.4 Å². The van der Waals surface area contributed by atoms with E-state index in [1.54, 1.807) is 11.6 Å². The van der Waals surface area contributed by atoms with Gasteiger partial charge in [0.05, 0.1) is 29.8 Å². The van der Waals surface area contributed by atoms with Crippen LogP contribution in [0.25, 0.3) is 0 Å². The predicted octanol–water partition coefficient (Wildman–Crippen LogP) is 3.33. The number of nitrogens with one attached hydrogen (secondary N) is 1. The SMILES string of the molecule is CON(C)S(=O)(=O)c1ccc(NC(=O)c2c(C)nn(Cc3ccccc3)c2Cl)cc1. The lowest BCUT2D eigenvalue weighted by Crippen LogP contribution is -2.25. The molecule has 0 aliphatic rings. The van der Waals surface area contributed by atoms with Gasteiger partial charge in [0.2, 0.25) is 0 Å². The van der Waals surface area contributed by atoms with E-state index < -0.39 is 15.9 Å². The van der Waals surface area contributed by atoms with Crippen LogP contribution in [0.15, 0.2) is 59.5 Å². The van der Waals surface area contributed by atoms with Crippen molar-refractivity contribution in [2.24, 2.45) is 0 Å². The molecule has 158 valence electrons. The van der Waals surface area contributed by atoms with Crippen molar-refractivity contribution in [3.05, 3.63) is 76.6 Å². The van der Waals surface area contributed by atoms with Crippen molar-refractivity contribution in [3.63, 3.8) is 0 Å². The molecule has 0 radical (unpaired) electrons. The first-order chi connectivity index (χ1) is 14.2. The number of aromatic nitrogens is 2. The first kappa shape index (κ1) is 22.0. The van der Waals surface area contributed by atoms with E-state index in [1.807, 2.05) is 30.3 Å². The third kappa shape index (κ3) is 4.54. The van der Waals surface area contributed by atoms with Crippen LogP contribution in [0.4, 0.5) is 5.69 Å². The van der Waals surface area contributed by atoms with E-state index in [1.165, 1.54) is 38.4 Å². The largest absolute Gasteiger partial charge is 0.322 e. The van der Waals surface area contributed by atoms with Crippen molar-refractivity contribution in [1.82, 2.24) is 14.2 Å². The monoisotopic (exact) mass is 448 g/mol. The lowest BCUT2D eigenvalue weighted by molar-refractivity contribution is -0.0258. The number of carbonyl (C=O) groups is 1. The lowest BCUT2D eigenvalue weighted by atomic mass is 10.2. The molecular formula is C20H21ClN4O4S. The minimum absolute atomic E-state index is 0.0368. The maximum Gasteiger partial charge on any atom is 0.264 e.